The monoisotopic (exact) mass is 388 g/mol. The van der Waals surface area contributed by atoms with Crippen LogP contribution in [0, 0.1) is 12.8 Å². The summed E-state index contributed by atoms with van der Waals surface area (Å²) >= 11 is 0. The van der Waals surface area contributed by atoms with Gasteiger partial charge in [-0.1, -0.05) is 30.3 Å². The fourth-order valence-corrected chi connectivity index (χ4v) is 4.13. The molecule has 2 aromatic heterocycles. The molecule has 1 atom stereocenters. The van der Waals surface area contributed by atoms with Crippen molar-refractivity contribution in [1.82, 2.24) is 19.4 Å². The van der Waals surface area contributed by atoms with Gasteiger partial charge in [0.15, 0.2) is 0 Å². The van der Waals surface area contributed by atoms with E-state index >= 15 is 0 Å². The molecule has 5 heteroatoms. The molecule has 150 valence electrons. The molecule has 1 saturated heterocycles. The van der Waals surface area contributed by atoms with Gasteiger partial charge in [-0.25, -0.2) is 4.98 Å². The lowest BCUT2D eigenvalue weighted by atomic mass is 10.1. The number of aryl methyl sites for hydroxylation is 2. The molecule has 3 heterocycles. The minimum Gasteiger partial charge on any atom is -0.342 e. The SMILES string of the molecule is Cc1cnc(-c2cccnc2)n1CC1CCN(C(=O)CCCc2ccccc2)C1. The van der Waals surface area contributed by atoms with Gasteiger partial charge in [-0.2, -0.15) is 0 Å². The van der Waals surface area contributed by atoms with Crippen molar-refractivity contribution in [3.63, 3.8) is 0 Å². The van der Waals surface area contributed by atoms with Crippen LogP contribution in [0.3, 0.4) is 0 Å². The Morgan fingerprint density at radius 2 is 2.00 bits per heavy atom. The Bertz CT molecular complexity index is 936. The van der Waals surface area contributed by atoms with E-state index in [0.717, 1.165) is 56.0 Å². The maximum absolute atomic E-state index is 12.6. The van der Waals surface area contributed by atoms with Crippen LogP contribution in [0.15, 0.2) is 61.1 Å². The summed E-state index contributed by atoms with van der Waals surface area (Å²) in [5.74, 6) is 1.72. The van der Waals surface area contributed by atoms with Crippen molar-refractivity contribution in [3.8, 4) is 11.4 Å². The van der Waals surface area contributed by atoms with Crippen LogP contribution in [0.5, 0.6) is 0 Å². The van der Waals surface area contributed by atoms with E-state index in [-0.39, 0.29) is 0 Å². The van der Waals surface area contributed by atoms with Crippen molar-refractivity contribution < 1.29 is 4.79 Å². The predicted molar refractivity (Wildman–Crippen MR) is 114 cm³/mol. The number of rotatable bonds is 7. The highest BCUT2D eigenvalue weighted by atomic mass is 16.2. The van der Waals surface area contributed by atoms with Gasteiger partial charge in [0, 0.05) is 55.9 Å². The number of nitrogens with zero attached hydrogens (tertiary/aromatic N) is 4. The van der Waals surface area contributed by atoms with Gasteiger partial charge in [-0.3, -0.25) is 9.78 Å². The van der Waals surface area contributed by atoms with Crippen LogP contribution in [0.25, 0.3) is 11.4 Å². The number of carbonyl (C=O) groups excluding carboxylic acids is 1. The van der Waals surface area contributed by atoms with Crippen LogP contribution in [-0.4, -0.2) is 38.4 Å². The third kappa shape index (κ3) is 4.73. The number of benzene rings is 1. The molecular weight excluding hydrogens is 360 g/mol. The van der Waals surface area contributed by atoms with E-state index < -0.39 is 0 Å². The maximum atomic E-state index is 12.6. The number of hydrogen-bond acceptors (Lipinski definition) is 3. The number of pyridine rings is 1. The lowest BCUT2D eigenvalue weighted by Gasteiger charge is -2.18. The number of imidazole rings is 1. The molecule has 3 aromatic rings. The number of carbonyl (C=O) groups is 1. The van der Waals surface area contributed by atoms with Gasteiger partial charge in [0.25, 0.3) is 0 Å². The quantitative estimate of drug-likeness (QED) is 0.612. The molecule has 1 aliphatic heterocycles. The smallest absolute Gasteiger partial charge is 0.222 e. The van der Waals surface area contributed by atoms with Crippen LogP contribution in [0.4, 0.5) is 0 Å². The molecule has 1 amide bonds. The molecule has 0 radical (unpaired) electrons. The van der Waals surface area contributed by atoms with Gasteiger partial charge in [0.2, 0.25) is 5.91 Å². The third-order valence-corrected chi connectivity index (χ3v) is 5.75. The summed E-state index contributed by atoms with van der Waals surface area (Å²) in [5.41, 5.74) is 3.49. The van der Waals surface area contributed by atoms with Crippen molar-refractivity contribution in [2.45, 2.75) is 39.2 Å². The predicted octanol–water partition coefficient (Wildman–Crippen LogP) is 4.12. The molecule has 0 aliphatic carbocycles. The zero-order valence-electron chi connectivity index (χ0n) is 17.0. The van der Waals surface area contributed by atoms with Gasteiger partial charge in [-0.05, 0) is 49.8 Å². The molecule has 0 N–H and O–H groups in total. The number of amides is 1. The average Bonchev–Trinajstić information content (AvgIpc) is 3.37. The van der Waals surface area contributed by atoms with E-state index in [0.29, 0.717) is 18.2 Å². The van der Waals surface area contributed by atoms with Crippen molar-refractivity contribution in [3.05, 3.63) is 72.3 Å². The van der Waals surface area contributed by atoms with Crippen LogP contribution >= 0.6 is 0 Å². The number of aromatic nitrogens is 3. The lowest BCUT2D eigenvalue weighted by molar-refractivity contribution is -0.130. The molecule has 1 aliphatic rings. The second kappa shape index (κ2) is 9.03. The molecule has 0 spiro atoms. The van der Waals surface area contributed by atoms with Crippen molar-refractivity contribution in [1.29, 1.82) is 0 Å². The summed E-state index contributed by atoms with van der Waals surface area (Å²) in [7, 11) is 0. The summed E-state index contributed by atoms with van der Waals surface area (Å²) in [5, 5.41) is 0. The summed E-state index contributed by atoms with van der Waals surface area (Å²) < 4.78 is 2.27. The van der Waals surface area contributed by atoms with Gasteiger partial charge in [-0.15, -0.1) is 0 Å². The van der Waals surface area contributed by atoms with E-state index in [2.05, 4.69) is 45.7 Å². The average molecular weight is 389 g/mol. The largest absolute Gasteiger partial charge is 0.342 e. The summed E-state index contributed by atoms with van der Waals surface area (Å²) in [6, 6.07) is 14.4. The van der Waals surface area contributed by atoms with Crippen LogP contribution in [-0.2, 0) is 17.8 Å². The summed E-state index contributed by atoms with van der Waals surface area (Å²) in [6.45, 7) is 4.69. The van der Waals surface area contributed by atoms with Crippen LogP contribution in [0.1, 0.15) is 30.5 Å². The molecular formula is C24H28N4O. The van der Waals surface area contributed by atoms with Crippen molar-refractivity contribution in [2.75, 3.05) is 13.1 Å². The highest BCUT2D eigenvalue weighted by Gasteiger charge is 2.27. The second-order valence-electron chi connectivity index (χ2n) is 7.91. The Morgan fingerprint density at radius 3 is 2.79 bits per heavy atom. The molecule has 0 saturated carbocycles. The minimum absolute atomic E-state index is 0.290. The first kappa shape index (κ1) is 19.4. The molecule has 0 bridgehead atoms. The normalized spacial score (nSPS) is 16.3. The molecule has 1 aromatic carbocycles. The number of likely N-dealkylation sites (tertiary alicyclic amines) is 1. The van der Waals surface area contributed by atoms with E-state index in [1.54, 1.807) is 6.20 Å². The Morgan fingerprint density at radius 1 is 1.14 bits per heavy atom. The standard InChI is InChI=1S/C24H28N4O/c1-19-15-26-24(22-10-6-13-25-16-22)28(19)18-21-12-14-27(17-21)23(29)11-5-9-20-7-3-2-4-8-20/h2-4,6-8,10,13,15-16,21H,5,9,11-12,14,17-18H2,1H3. The Kier molecular flexibility index (Phi) is 6.03. The van der Waals surface area contributed by atoms with E-state index in [1.165, 1.54) is 5.56 Å². The van der Waals surface area contributed by atoms with Crippen LogP contribution < -0.4 is 0 Å². The summed E-state index contributed by atoms with van der Waals surface area (Å²) in [4.78, 5) is 23.5. The topological polar surface area (TPSA) is 51.0 Å². The molecule has 4 rings (SSSR count). The van der Waals surface area contributed by atoms with Gasteiger partial charge in [0.05, 0.1) is 0 Å². The number of hydrogen-bond donors (Lipinski definition) is 0. The van der Waals surface area contributed by atoms with Gasteiger partial charge < -0.3 is 9.47 Å². The first-order valence-electron chi connectivity index (χ1n) is 10.4. The first-order valence-corrected chi connectivity index (χ1v) is 10.4. The minimum atomic E-state index is 0.290. The van der Waals surface area contributed by atoms with Crippen molar-refractivity contribution in [2.24, 2.45) is 5.92 Å². The fourth-order valence-electron chi connectivity index (χ4n) is 4.13. The molecule has 1 unspecified atom stereocenters. The molecule has 29 heavy (non-hydrogen) atoms. The molecule has 1 fully saturated rings. The Hall–Kier alpha value is -2.95. The maximum Gasteiger partial charge on any atom is 0.222 e. The van der Waals surface area contributed by atoms with Gasteiger partial charge >= 0.3 is 0 Å². The second-order valence-corrected chi connectivity index (χ2v) is 7.91. The van der Waals surface area contributed by atoms with E-state index in [1.807, 2.05) is 35.5 Å². The lowest BCUT2D eigenvalue weighted by Crippen LogP contribution is -2.29. The zero-order chi connectivity index (χ0) is 20.1. The Balaban J connectivity index is 1.31. The Labute approximate surface area is 172 Å². The third-order valence-electron chi connectivity index (χ3n) is 5.75. The molecule has 5 nitrogen and oxygen atoms in total. The highest BCUT2D eigenvalue weighted by molar-refractivity contribution is 5.76. The van der Waals surface area contributed by atoms with Crippen LogP contribution in [0.2, 0.25) is 0 Å². The summed E-state index contributed by atoms with van der Waals surface area (Å²) in [6.07, 6.45) is 9.12. The first-order chi connectivity index (χ1) is 14.2. The van der Waals surface area contributed by atoms with E-state index in [4.69, 9.17) is 0 Å². The zero-order valence-corrected chi connectivity index (χ0v) is 17.0. The highest BCUT2D eigenvalue weighted by Crippen LogP contribution is 2.24. The fraction of sp³-hybridized carbons (Fsp3) is 0.375. The van der Waals surface area contributed by atoms with E-state index in [9.17, 15) is 4.79 Å². The van der Waals surface area contributed by atoms with Crippen molar-refractivity contribution >= 4 is 5.91 Å². The van der Waals surface area contributed by atoms with Gasteiger partial charge in [0.1, 0.15) is 5.82 Å².